The molecule has 0 heterocycles. The zero-order valence-corrected chi connectivity index (χ0v) is 12.5. The first-order valence-electron chi connectivity index (χ1n) is 7.81. The Balaban J connectivity index is 0.000000191. The molecule has 0 N–H and O–H groups in total. The number of unbranched alkanes of at least 4 members (excludes halogenated alkanes) is 1. The summed E-state index contributed by atoms with van der Waals surface area (Å²) in [7, 11) is 0. The van der Waals surface area contributed by atoms with Crippen molar-refractivity contribution in [2.24, 2.45) is 5.92 Å². The second-order valence-electron chi connectivity index (χ2n) is 5.50. The number of aryl methyl sites for hydroxylation is 1. The van der Waals surface area contributed by atoms with Crippen LogP contribution in [0, 0.1) is 5.92 Å². The maximum Gasteiger partial charge on any atom is 0.133 e. The summed E-state index contributed by atoms with van der Waals surface area (Å²) in [5.41, 5.74) is 1.46. The lowest BCUT2D eigenvalue weighted by atomic mass is 9.87. The summed E-state index contributed by atoms with van der Waals surface area (Å²) >= 11 is 0. The zero-order valence-electron chi connectivity index (χ0n) is 12.5. The van der Waals surface area contributed by atoms with Crippen molar-refractivity contribution in [1.29, 1.82) is 0 Å². The zero-order chi connectivity index (χ0) is 13.9. The van der Waals surface area contributed by atoms with Crippen LogP contribution in [0.1, 0.15) is 64.4 Å². The fourth-order valence-corrected chi connectivity index (χ4v) is 2.49. The summed E-state index contributed by atoms with van der Waals surface area (Å²) in [6.07, 6.45) is 9.13. The van der Waals surface area contributed by atoms with Gasteiger partial charge in [0.25, 0.3) is 0 Å². The Kier molecular flexibility index (Phi) is 8.20. The first-order chi connectivity index (χ1) is 9.26. The Morgan fingerprint density at radius 1 is 1.16 bits per heavy atom. The molecule has 2 rings (SSSR count). The predicted octanol–water partition coefficient (Wildman–Crippen LogP) is 5.18. The van der Waals surface area contributed by atoms with Crippen molar-refractivity contribution in [2.45, 2.75) is 65.2 Å². The molecule has 106 valence electrons. The minimum absolute atomic E-state index is 0.480. The van der Waals surface area contributed by atoms with E-state index in [-0.39, 0.29) is 0 Å². The molecule has 1 nitrogen and oxygen atoms in total. The molecule has 1 saturated carbocycles. The van der Waals surface area contributed by atoms with E-state index in [0.29, 0.717) is 11.7 Å². The fourth-order valence-electron chi connectivity index (χ4n) is 2.49. The van der Waals surface area contributed by atoms with Gasteiger partial charge >= 0.3 is 0 Å². The molecule has 1 aromatic rings. The number of carbonyl (C=O) groups excluding carboxylic acids is 1. The van der Waals surface area contributed by atoms with Crippen molar-refractivity contribution in [3.63, 3.8) is 0 Å². The molecule has 19 heavy (non-hydrogen) atoms. The van der Waals surface area contributed by atoms with Gasteiger partial charge < -0.3 is 0 Å². The van der Waals surface area contributed by atoms with Crippen LogP contribution >= 0.6 is 0 Å². The summed E-state index contributed by atoms with van der Waals surface area (Å²) in [4.78, 5) is 10.8. The van der Waals surface area contributed by atoms with E-state index in [4.69, 9.17) is 0 Å². The topological polar surface area (TPSA) is 17.1 Å². The van der Waals surface area contributed by atoms with Crippen LogP contribution in [0.15, 0.2) is 30.3 Å². The van der Waals surface area contributed by atoms with Crippen molar-refractivity contribution < 1.29 is 4.79 Å². The Bertz CT molecular complexity index is 342. The van der Waals surface area contributed by atoms with E-state index in [2.05, 4.69) is 44.2 Å². The van der Waals surface area contributed by atoms with Crippen molar-refractivity contribution in [3.05, 3.63) is 35.9 Å². The number of ketones is 1. The summed E-state index contributed by atoms with van der Waals surface area (Å²) in [5.74, 6) is 1.19. The lowest BCUT2D eigenvalue weighted by Gasteiger charge is -2.18. The predicted molar refractivity (Wildman–Crippen MR) is 82.3 cm³/mol. The highest BCUT2D eigenvalue weighted by atomic mass is 16.1. The van der Waals surface area contributed by atoms with Crippen LogP contribution < -0.4 is 0 Å². The first kappa shape index (κ1) is 15.9. The molecule has 1 aromatic carbocycles. The molecule has 0 saturated heterocycles. The van der Waals surface area contributed by atoms with Gasteiger partial charge in [0, 0.05) is 12.8 Å². The molecule has 1 unspecified atom stereocenters. The molecule has 0 amide bonds. The van der Waals surface area contributed by atoms with E-state index in [1.807, 2.05) is 0 Å². The largest absolute Gasteiger partial charge is 0.300 e. The van der Waals surface area contributed by atoms with Crippen LogP contribution in [-0.2, 0) is 11.2 Å². The van der Waals surface area contributed by atoms with Gasteiger partial charge in [-0.1, -0.05) is 57.0 Å². The maximum absolute atomic E-state index is 10.8. The molecule has 0 radical (unpaired) electrons. The molecule has 1 aliphatic carbocycles. The Morgan fingerprint density at radius 3 is 2.42 bits per heavy atom. The lowest BCUT2D eigenvalue weighted by molar-refractivity contribution is -0.121. The monoisotopic (exact) mass is 260 g/mol. The fraction of sp³-hybridized carbons (Fsp3) is 0.611. The average molecular weight is 260 g/mol. The van der Waals surface area contributed by atoms with Gasteiger partial charge in [-0.3, -0.25) is 4.79 Å². The van der Waals surface area contributed by atoms with Crippen LogP contribution in [-0.4, -0.2) is 5.78 Å². The highest BCUT2D eigenvalue weighted by Gasteiger charge is 2.16. The van der Waals surface area contributed by atoms with E-state index in [0.717, 1.165) is 19.3 Å². The van der Waals surface area contributed by atoms with Gasteiger partial charge in [-0.2, -0.15) is 0 Å². The van der Waals surface area contributed by atoms with Gasteiger partial charge in [0.2, 0.25) is 0 Å². The van der Waals surface area contributed by atoms with Gasteiger partial charge in [0.15, 0.2) is 0 Å². The van der Waals surface area contributed by atoms with Crippen LogP contribution in [0.4, 0.5) is 0 Å². The number of benzene rings is 1. The minimum atomic E-state index is 0.480. The molecule has 1 heteroatoms. The van der Waals surface area contributed by atoms with Crippen LogP contribution in [0.3, 0.4) is 0 Å². The van der Waals surface area contributed by atoms with E-state index in [9.17, 15) is 4.79 Å². The molecular weight excluding hydrogens is 232 g/mol. The molecule has 0 aromatic heterocycles. The number of Topliss-reactive ketones (excluding diaryl/α,β-unsaturated/α-hetero) is 1. The standard InChI is InChI=1S/C10H14.C8H14O/c1-2-3-7-10-8-5-4-6-9-10;1-2-7-4-3-5-8(9)6-7/h4-6,8-9H,2-3,7H2,1H3;7H,2-6H2,1H3. The summed E-state index contributed by atoms with van der Waals surface area (Å²) < 4.78 is 0. The van der Waals surface area contributed by atoms with Crippen molar-refractivity contribution in [1.82, 2.24) is 0 Å². The summed E-state index contributed by atoms with van der Waals surface area (Å²) in [6.45, 7) is 4.40. The van der Waals surface area contributed by atoms with Gasteiger partial charge in [0.1, 0.15) is 5.78 Å². The molecule has 0 aliphatic heterocycles. The van der Waals surface area contributed by atoms with Crippen LogP contribution in [0.2, 0.25) is 0 Å². The second kappa shape index (κ2) is 9.77. The third-order valence-corrected chi connectivity index (χ3v) is 3.82. The minimum Gasteiger partial charge on any atom is -0.300 e. The molecule has 1 aliphatic rings. The highest BCUT2D eigenvalue weighted by Crippen LogP contribution is 2.23. The Hall–Kier alpha value is -1.11. The molecular formula is C18H28O. The third-order valence-electron chi connectivity index (χ3n) is 3.82. The van der Waals surface area contributed by atoms with Crippen LogP contribution in [0.5, 0.6) is 0 Å². The summed E-state index contributed by atoms with van der Waals surface area (Å²) in [6, 6.07) is 10.6. The molecule has 1 fully saturated rings. The van der Waals surface area contributed by atoms with Crippen molar-refractivity contribution >= 4 is 5.78 Å². The average Bonchev–Trinajstić information content (AvgIpc) is 2.47. The van der Waals surface area contributed by atoms with E-state index >= 15 is 0 Å². The molecule has 1 atom stereocenters. The SMILES string of the molecule is CCC1CCCC(=O)C1.CCCCc1ccccc1. The molecule has 0 bridgehead atoms. The van der Waals surface area contributed by atoms with E-state index < -0.39 is 0 Å². The van der Waals surface area contributed by atoms with E-state index in [1.54, 1.807) is 0 Å². The normalized spacial score (nSPS) is 18.6. The first-order valence-corrected chi connectivity index (χ1v) is 7.81. The second-order valence-corrected chi connectivity index (χ2v) is 5.50. The van der Waals surface area contributed by atoms with Crippen molar-refractivity contribution in [3.8, 4) is 0 Å². The number of carbonyl (C=O) groups is 1. The third kappa shape index (κ3) is 7.15. The summed E-state index contributed by atoms with van der Waals surface area (Å²) in [5, 5.41) is 0. The number of rotatable bonds is 4. The van der Waals surface area contributed by atoms with Gasteiger partial charge in [-0.25, -0.2) is 0 Å². The molecule has 0 spiro atoms. The lowest BCUT2D eigenvalue weighted by Crippen LogP contribution is -2.13. The maximum atomic E-state index is 10.8. The smallest absolute Gasteiger partial charge is 0.133 e. The van der Waals surface area contributed by atoms with Gasteiger partial charge in [0.05, 0.1) is 0 Å². The van der Waals surface area contributed by atoms with Gasteiger partial charge in [-0.05, 0) is 37.2 Å². The van der Waals surface area contributed by atoms with Crippen LogP contribution in [0.25, 0.3) is 0 Å². The Labute approximate surface area is 118 Å². The van der Waals surface area contributed by atoms with E-state index in [1.165, 1.54) is 37.7 Å². The number of hydrogen-bond acceptors (Lipinski definition) is 1. The highest BCUT2D eigenvalue weighted by molar-refractivity contribution is 5.79. The van der Waals surface area contributed by atoms with Crippen molar-refractivity contribution in [2.75, 3.05) is 0 Å². The quantitative estimate of drug-likeness (QED) is 0.728. The Morgan fingerprint density at radius 2 is 1.89 bits per heavy atom. The van der Waals surface area contributed by atoms with Gasteiger partial charge in [-0.15, -0.1) is 0 Å². The number of hydrogen-bond donors (Lipinski definition) is 0.